The molecule has 0 saturated carbocycles. The van der Waals surface area contributed by atoms with Crippen LogP contribution in [0.3, 0.4) is 0 Å². The highest BCUT2D eigenvalue weighted by atomic mass is 32.2. The molecule has 0 bridgehead atoms. The van der Waals surface area contributed by atoms with Crippen LogP contribution in [0.15, 0.2) is 35.5 Å². The van der Waals surface area contributed by atoms with Gasteiger partial charge in [0, 0.05) is 17.6 Å². The number of nitrogens with one attached hydrogen (secondary N) is 1. The van der Waals surface area contributed by atoms with Gasteiger partial charge >= 0.3 is 0 Å². The number of carbonyl (C=O) groups is 1. The first kappa shape index (κ1) is 17.5. The molecule has 5 nitrogen and oxygen atoms in total. The number of benzene rings is 1. The molecule has 2 rings (SSSR count). The van der Waals surface area contributed by atoms with Crippen molar-refractivity contribution in [3.05, 3.63) is 30.3 Å². The van der Waals surface area contributed by atoms with Gasteiger partial charge in [-0.1, -0.05) is 42.1 Å². The molecule has 2 aromatic rings. The highest BCUT2D eigenvalue weighted by Gasteiger charge is 2.23. The van der Waals surface area contributed by atoms with E-state index in [1.165, 1.54) is 11.8 Å². The summed E-state index contributed by atoms with van der Waals surface area (Å²) in [6.45, 7) is 10.6. The second-order valence-corrected chi connectivity index (χ2v) is 7.72. The Kier molecular flexibility index (Phi) is 5.46. The predicted molar refractivity (Wildman–Crippen MR) is 94.3 cm³/mol. The van der Waals surface area contributed by atoms with Crippen molar-refractivity contribution in [2.24, 2.45) is 0 Å². The van der Waals surface area contributed by atoms with E-state index in [2.05, 4.69) is 22.4 Å². The van der Waals surface area contributed by atoms with Gasteiger partial charge in [-0.2, -0.15) is 0 Å². The van der Waals surface area contributed by atoms with E-state index in [1.807, 2.05) is 62.6 Å². The molecule has 6 heteroatoms. The fourth-order valence-electron chi connectivity index (χ4n) is 2.14. The topological polar surface area (TPSA) is 59.8 Å². The summed E-state index contributed by atoms with van der Waals surface area (Å²) in [5.41, 5.74) is 0.792. The van der Waals surface area contributed by atoms with E-state index in [-0.39, 0.29) is 16.7 Å². The molecule has 1 amide bonds. The number of hydrogen-bond acceptors (Lipinski definition) is 4. The minimum Gasteiger partial charge on any atom is -0.351 e. The van der Waals surface area contributed by atoms with Gasteiger partial charge < -0.3 is 9.88 Å². The Bertz CT molecular complexity index is 661. The van der Waals surface area contributed by atoms with Crippen molar-refractivity contribution in [2.75, 3.05) is 0 Å². The zero-order valence-corrected chi connectivity index (χ0v) is 15.1. The highest BCUT2D eigenvalue weighted by molar-refractivity contribution is 8.00. The maximum Gasteiger partial charge on any atom is 0.233 e. The van der Waals surface area contributed by atoms with E-state index in [9.17, 15) is 4.79 Å². The number of carbonyl (C=O) groups excluding carboxylic acids is 1. The SMILES string of the molecule is CCn1c(SC(C)C(=O)NC(C)(C)C)nnc1-c1ccccc1. The lowest BCUT2D eigenvalue weighted by molar-refractivity contribution is -0.121. The Morgan fingerprint density at radius 2 is 1.91 bits per heavy atom. The minimum absolute atomic E-state index is 0.00872. The molecular weight excluding hydrogens is 308 g/mol. The van der Waals surface area contributed by atoms with E-state index in [0.29, 0.717) is 0 Å². The predicted octanol–water partition coefficient (Wildman–Crippen LogP) is 3.36. The molecule has 1 heterocycles. The van der Waals surface area contributed by atoms with Gasteiger partial charge in [0.05, 0.1) is 5.25 Å². The smallest absolute Gasteiger partial charge is 0.233 e. The molecular formula is C17H24N4OS. The quantitative estimate of drug-likeness (QED) is 0.853. The normalized spacial score (nSPS) is 12.9. The van der Waals surface area contributed by atoms with Crippen molar-refractivity contribution in [1.82, 2.24) is 20.1 Å². The third-order valence-corrected chi connectivity index (χ3v) is 4.30. The summed E-state index contributed by atoms with van der Waals surface area (Å²) >= 11 is 1.44. The van der Waals surface area contributed by atoms with Crippen molar-refractivity contribution in [3.63, 3.8) is 0 Å². The van der Waals surface area contributed by atoms with Gasteiger partial charge in [-0.05, 0) is 34.6 Å². The standard InChI is InChI=1S/C17H24N4OS/c1-6-21-14(13-10-8-7-9-11-13)19-20-16(21)23-12(2)15(22)18-17(3,4)5/h7-12H,6H2,1-5H3,(H,18,22). The number of nitrogens with zero attached hydrogens (tertiary/aromatic N) is 3. The first-order chi connectivity index (χ1) is 10.8. The number of rotatable bonds is 5. The maximum absolute atomic E-state index is 12.3. The molecule has 0 aliphatic carbocycles. The Balaban J connectivity index is 2.18. The molecule has 1 N–H and O–H groups in total. The van der Waals surface area contributed by atoms with Gasteiger partial charge in [0.2, 0.25) is 5.91 Å². The van der Waals surface area contributed by atoms with Gasteiger partial charge in [0.15, 0.2) is 11.0 Å². The number of thioether (sulfide) groups is 1. The van der Waals surface area contributed by atoms with Crippen molar-refractivity contribution < 1.29 is 4.79 Å². The van der Waals surface area contributed by atoms with E-state index < -0.39 is 0 Å². The van der Waals surface area contributed by atoms with Gasteiger partial charge in [0.1, 0.15) is 0 Å². The van der Waals surface area contributed by atoms with Crippen LogP contribution in [-0.2, 0) is 11.3 Å². The van der Waals surface area contributed by atoms with Crippen molar-refractivity contribution in [3.8, 4) is 11.4 Å². The molecule has 23 heavy (non-hydrogen) atoms. The molecule has 0 aliphatic heterocycles. The van der Waals surface area contributed by atoms with Gasteiger partial charge in [-0.15, -0.1) is 10.2 Å². The molecule has 0 fully saturated rings. The van der Waals surface area contributed by atoms with Crippen molar-refractivity contribution >= 4 is 17.7 Å². The van der Waals surface area contributed by atoms with Crippen LogP contribution in [0.5, 0.6) is 0 Å². The second-order valence-electron chi connectivity index (χ2n) is 6.42. The summed E-state index contributed by atoms with van der Waals surface area (Å²) < 4.78 is 2.04. The Hall–Kier alpha value is -1.82. The number of aromatic nitrogens is 3. The Morgan fingerprint density at radius 3 is 2.48 bits per heavy atom. The minimum atomic E-state index is -0.237. The van der Waals surface area contributed by atoms with Gasteiger partial charge in [-0.25, -0.2) is 0 Å². The van der Waals surface area contributed by atoms with Crippen LogP contribution in [0.2, 0.25) is 0 Å². The van der Waals surface area contributed by atoms with Crippen LogP contribution in [-0.4, -0.2) is 31.5 Å². The van der Waals surface area contributed by atoms with Crippen molar-refractivity contribution in [2.45, 2.75) is 57.1 Å². The second kappa shape index (κ2) is 7.17. The zero-order valence-electron chi connectivity index (χ0n) is 14.3. The van der Waals surface area contributed by atoms with E-state index in [0.717, 1.165) is 23.1 Å². The lowest BCUT2D eigenvalue weighted by atomic mass is 10.1. The number of hydrogen-bond donors (Lipinski definition) is 1. The fourth-order valence-corrected chi connectivity index (χ4v) is 3.06. The first-order valence-electron chi connectivity index (χ1n) is 7.79. The molecule has 1 aromatic carbocycles. The average molecular weight is 332 g/mol. The molecule has 1 aromatic heterocycles. The van der Waals surface area contributed by atoms with E-state index >= 15 is 0 Å². The molecule has 0 spiro atoms. The lowest BCUT2D eigenvalue weighted by Crippen LogP contribution is -2.44. The summed E-state index contributed by atoms with van der Waals surface area (Å²) in [7, 11) is 0. The Morgan fingerprint density at radius 1 is 1.26 bits per heavy atom. The van der Waals surface area contributed by atoms with E-state index in [4.69, 9.17) is 0 Å². The molecule has 0 aliphatic rings. The van der Waals surface area contributed by atoms with Crippen LogP contribution in [0, 0.1) is 0 Å². The third kappa shape index (κ3) is 4.58. The third-order valence-electron chi connectivity index (χ3n) is 3.21. The number of amides is 1. The summed E-state index contributed by atoms with van der Waals surface area (Å²) in [4.78, 5) is 12.3. The van der Waals surface area contributed by atoms with E-state index in [1.54, 1.807) is 0 Å². The fraction of sp³-hybridized carbons (Fsp3) is 0.471. The van der Waals surface area contributed by atoms with Crippen LogP contribution < -0.4 is 5.32 Å². The van der Waals surface area contributed by atoms with Gasteiger partial charge in [0.25, 0.3) is 0 Å². The molecule has 1 atom stereocenters. The summed E-state index contributed by atoms with van der Waals surface area (Å²) in [6.07, 6.45) is 0. The van der Waals surface area contributed by atoms with Gasteiger partial charge in [-0.3, -0.25) is 4.79 Å². The van der Waals surface area contributed by atoms with Crippen LogP contribution in [0.4, 0.5) is 0 Å². The summed E-state index contributed by atoms with van der Waals surface area (Å²) in [6, 6.07) is 9.97. The average Bonchev–Trinajstić information content (AvgIpc) is 2.89. The molecule has 0 radical (unpaired) electrons. The van der Waals surface area contributed by atoms with Crippen LogP contribution >= 0.6 is 11.8 Å². The molecule has 0 saturated heterocycles. The zero-order chi connectivity index (χ0) is 17.0. The molecule has 124 valence electrons. The lowest BCUT2D eigenvalue weighted by Gasteiger charge is -2.22. The highest BCUT2D eigenvalue weighted by Crippen LogP contribution is 2.26. The van der Waals surface area contributed by atoms with Crippen molar-refractivity contribution in [1.29, 1.82) is 0 Å². The Labute approximate surface area is 141 Å². The first-order valence-corrected chi connectivity index (χ1v) is 8.67. The summed E-state index contributed by atoms with van der Waals surface area (Å²) in [5, 5.41) is 12.1. The summed E-state index contributed by atoms with van der Waals surface area (Å²) in [5.74, 6) is 0.841. The maximum atomic E-state index is 12.3. The largest absolute Gasteiger partial charge is 0.351 e. The van der Waals surface area contributed by atoms with Crippen LogP contribution in [0.25, 0.3) is 11.4 Å². The molecule has 1 unspecified atom stereocenters. The van der Waals surface area contributed by atoms with Crippen LogP contribution in [0.1, 0.15) is 34.6 Å². The monoisotopic (exact) mass is 332 g/mol.